The predicted molar refractivity (Wildman–Crippen MR) is 153 cm³/mol. The molecule has 39 heavy (non-hydrogen) atoms. The lowest BCUT2D eigenvalue weighted by atomic mass is 9.86. The number of amides is 2. The summed E-state index contributed by atoms with van der Waals surface area (Å²) in [5, 5.41) is 3.93. The molecule has 0 saturated carbocycles. The van der Waals surface area contributed by atoms with Gasteiger partial charge in [-0.25, -0.2) is 4.98 Å². The molecule has 3 aromatic carbocycles. The number of imidazole rings is 1. The van der Waals surface area contributed by atoms with E-state index in [1.165, 1.54) is 4.90 Å². The smallest absolute Gasteiger partial charge is 0.280 e. The number of anilines is 2. The Labute approximate surface area is 236 Å². The minimum absolute atomic E-state index is 0.153. The van der Waals surface area contributed by atoms with Crippen molar-refractivity contribution in [2.75, 3.05) is 16.8 Å². The molecule has 1 aromatic heterocycles. The van der Waals surface area contributed by atoms with E-state index in [0.29, 0.717) is 50.9 Å². The summed E-state index contributed by atoms with van der Waals surface area (Å²) < 4.78 is 7.90. The summed E-state index contributed by atoms with van der Waals surface area (Å²) >= 11 is 12.8. The van der Waals surface area contributed by atoms with Gasteiger partial charge < -0.3 is 14.6 Å². The second-order valence-electron chi connectivity index (χ2n) is 9.95. The molecule has 7 nitrogen and oxygen atoms in total. The molecule has 4 aromatic rings. The highest BCUT2D eigenvalue weighted by atomic mass is 35.5. The monoisotopic (exact) mass is 560 g/mol. The maximum Gasteiger partial charge on any atom is 0.280 e. The van der Waals surface area contributed by atoms with E-state index in [0.717, 1.165) is 11.1 Å². The van der Waals surface area contributed by atoms with Gasteiger partial charge in [-0.1, -0.05) is 47.5 Å². The lowest BCUT2D eigenvalue weighted by Gasteiger charge is -2.36. The third-order valence-corrected chi connectivity index (χ3v) is 7.77. The van der Waals surface area contributed by atoms with Gasteiger partial charge in [0.05, 0.1) is 23.6 Å². The summed E-state index contributed by atoms with van der Waals surface area (Å²) in [6.07, 6.45) is 0. The van der Waals surface area contributed by atoms with Gasteiger partial charge in [-0.3, -0.25) is 14.5 Å². The number of aromatic nitrogens is 2. The zero-order chi connectivity index (χ0) is 27.6. The first-order valence-electron chi connectivity index (χ1n) is 12.8. The number of nitrogens with one attached hydrogen (secondary N) is 1. The van der Waals surface area contributed by atoms with Crippen molar-refractivity contribution in [2.24, 2.45) is 0 Å². The second-order valence-corrected chi connectivity index (χ2v) is 10.8. The Morgan fingerprint density at radius 2 is 1.74 bits per heavy atom. The fraction of sp³-hybridized carbons (Fsp3) is 0.233. The van der Waals surface area contributed by atoms with E-state index < -0.39 is 5.54 Å². The summed E-state index contributed by atoms with van der Waals surface area (Å²) in [7, 11) is 0. The summed E-state index contributed by atoms with van der Waals surface area (Å²) in [6.45, 7) is 8.30. The van der Waals surface area contributed by atoms with Crippen LogP contribution in [0.3, 0.4) is 0 Å². The molecule has 0 unspecified atom stereocenters. The van der Waals surface area contributed by atoms with E-state index in [9.17, 15) is 9.59 Å². The molecule has 0 fully saturated rings. The van der Waals surface area contributed by atoms with Gasteiger partial charge in [0.15, 0.2) is 11.2 Å². The largest absolute Gasteiger partial charge is 0.493 e. The van der Waals surface area contributed by atoms with Crippen LogP contribution >= 0.6 is 23.2 Å². The molecular formula is C30H26Cl2N4O3. The highest BCUT2D eigenvalue weighted by Crippen LogP contribution is 2.55. The van der Waals surface area contributed by atoms with Crippen LogP contribution in [-0.2, 0) is 10.3 Å². The van der Waals surface area contributed by atoms with Crippen molar-refractivity contribution in [3.05, 3.63) is 93.2 Å². The maximum absolute atomic E-state index is 14.4. The average molecular weight is 561 g/mol. The van der Waals surface area contributed by atoms with Crippen LogP contribution in [0.25, 0.3) is 11.4 Å². The van der Waals surface area contributed by atoms with E-state index >= 15 is 0 Å². The van der Waals surface area contributed by atoms with Crippen molar-refractivity contribution in [1.82, 2.24) is 9.55 Å². The Kier molecular flexibility index (Phi) is 5.97. The molecule has 0 saturated heterocycles. The van der Waals surface area contributed by atoms with E-state index in [2.05, 4.69) is 5.32 Å². The summed E-state index contributed by atoms with van der Waals surface area (Å²) in [5.41, 5.74) is 2.42. The van der Waals surface area contributed by atoms with Crippen molar-refractivity contribution in [1.29, 1.82) is 0 Å². The molecule has 1 atom stereocenters. The van der Waals surface area contributed by atoms with Crippen molar-refractivity contribution >= 4 is 46.4 Å². The highest BCUT2D eigenvalue weighted by Gasteiger charge is 2.64. The summed E-state index contributed by atoms with van der Waals surface area (Å²) in [6, 6.07) is 18.0. The molecule has 0 bridgehead atoms. The minimum atomic E-state index is -1.53. The van der Waals surface area contributed by atoms with Crippen molar-refractivity contribution in [3.63, 3.8) is 0 Å². The number of aryl methyl sites for hydroxylation is 1. The quantitative estimate of drug-likeness (QED) is 0.285. The Balaban J connectivity index is 1.73. The topological polar surface area (TPSA) is 76.5 Å². The van der Waals surface area contributed by atoms with Gasteiger partial charge in [0.1, 0.15) is 11.6 Å². The number of hydrogen-bond donors (Lipinski definition) is 1. The fourth-order valence-corrected chi connectivity index (χ4v) is 6.10. The number of fused-ring (bicyclic) bond motifs is 4. The fourth-order valence-electron chi connectivity index (χ4n) is 5.76. The van der Waals surface area contributed by atoms with Gasteiger partial charge in [0, 0.05) is 27.3 Å². The summed E-state index contributed by atoms with van der Waals surface area (Å²) in [5.74, 6) is 0.461. The first kappa shape index (κ1) is 25.5. The van der Waals surface area contributed by atoms with Crippen LogP contribution in [0.15, 0.2) is 60.7 Å². The van der Waals surface area contributed by atoms with E-state index in [1.54, 1.807) is 30.3 Å². The number of para-hydroxylation sites is 1. The Hall–Kier alpha value is -3.81. The normalized spacial score (nSPS) is 17.7. The number of rotatable bonds is 5. The van der Waals surface area contributed by atoms with Gasteiger partial charge in [-0.05, 0) is 69.7 Å². The van der Waals surface area contributed by atoms with Gasteiger partial charge in [-0.2, -0.15) is 0 Å². The molecule has 0 aliphatic carbocycles. The third-order valence-electron chi connectivity index (χ3n) is 7.30. The van der Waals surface area contributed by atoms with Gasteiger partial charge >= 0.3 is 0 Å². The van der Waals surface area contributed by atoms with E-state index in [1.807, 2.05) is 62.6 Å². The Bertz CT molecular complexity index is 1680. The number of halogens is 2. The van der Waals surface area contributed by atoms with Crippen LogP contribution in [0.2, 0.25) is 10.0 Å². The lowest BCUT2D eigenvalue weighted by Crippen LogP contribution is -2.51. The van der Waals surface area contributed by atoms with Crippen LogP contribution in [0.4, 0.5) is 11.4 Å². The number of benzene rings is 3. The number of hydrogen-bond acceptors (Lipinski definition) is 4. The first-order chi connectivity index (χ1) is 18.7. The van der Waals surface area contributed by atoms with Crippen LogP contribution < -0.4 is 15.0 Å². The van der Waals surface area contributed by atoms with Gasteiger partial charge in [-0.15, -0.1) is 0 Å². The van der Waals surface area contributed by atoms with E-state index in [4.69, 9.17) is 32.9 Å². The second kappa shape index (κ2) is 9.14. The predicted octanol–water partition coefficient (Wildman–Crippen LogP) is 7.00. The van der Waals surface area contributed by atoms with E-state index in [-0.39, 0.29) is 23.6 Å². The first-order valence-corrected chi connectivity index (χ1v) is 13.5. The lowest BCUT2D eigenvalue weighted by molar-refractivity contribution is -0.119. The highest BCUT2D eigenvalue weighted by molar-refractivity contribution is 6.32. The molecule has 2 aliphatic heterocycles. The maximum atomic E-state index is 14.4. The van der Waals surface area contributed by atoms with Crippen molar-refractivity contribution in [2.45, 2.75) is 39.3 Å². The Morgan fingerprint density at radius 3 is 2.49 bits per heavy atom. The van der Waals surface area contributed by atoms with Crippen molar-refractivity contribution in [3.8, 4) is 17.1 Å². The molecule has 1 spiro atoms. The van der Waals surface area contributed by atoms with Gasteiger partial charge in [0.2, 0.25) is 0 Å². The molecule has 9 heteroatoms. The minimum Gasteiger partial charge on any atom is -0.493 e. The number of nitrogens with zero attached hydrogens (tertiary/aromatic N) is 3. The molecule has 2 aliphatic rings. The zero-order valence-corrected chi connectivity index (χ0v) is 23.4. The molecule has 198 valence electrons. The van der Waals surface area contributed by atoms with Crippen LogP contribution in [0.1, 0.15) is 54.1 Å². The molecule has 2 amide bonds. The SMILES string of the molecule is CCOc1ccccc1-c1nc2c(n1C(C)C)[C@]1(C(=O)Nc3cc(Cl)ccc31)N(c1cc(Cl)ccc1C)C2=O. The summed E-state index contributed by atoms with van der Waals surface area (Å²) in [4.78, 5) is 35.2. The molecule has 1 N–H and O–H groups in total. The van der Waals surface area contributed by atoms with Crippen LogP contribution in [0.5, 0.6) is 5.75 Å². The number of ether oxygens (including phenoxy) is 1. The third kappa shape index (κ3) is 3.53. The van der Waals surface area contributed by atoms with Crippen LogP contribution in [-0.4, -0.2) is 28.0 Å². The number of carbonyl (C=O) groups is 2. The van der Waals surface area contributed by atoms with Gasteiger partial charge in [0.25, 0.3) is 11.8 Å². The standard InChI is InChI=1S/C30H26Cl2N4O3/c1-5-39-24-9-7-6-8-20(24)27-34-25-26(35(27)16(2)3)30(21-13-12-18(31)14-22(21)33-29(30)38)36(28(25)37)23-15-19(32)11-10-17(23)4/h6-16H,5H2,1-4H3,(H,33,38)/t30-/m1/s1. The van der Waals surface area contributed by atoms with Crippen molar-refractivity contribution < 1.29 is 14.3 Å². The Morgan fingerprint density at radius 1 is 1.03 bits per heavy atom. The zero-order valence-electron chi connectivity index (χ0n) is 21.9. The molecule has 3 heterocycles. The molecule has 6 rings (SSSR count). The molecular weight excluding hydrogens is 535 g/mol. The average Bonchev–Trinajstić information content (AvgIpc) is 3.50. The van der Waals surface area contributed by atoms with Crippen LogP contribution in [0, 0.1) is 6.92 Å². The number of carbonyl (C=O) groups excluding carboxylic acids is 2. The molecule has 0 radical (unpaired) electrons.